The van der Waals surface area contributed by atoms with Crippen molar-refractivity contribution in [1.82, 2.24) is 19.8 Å². The van der Waals surface area contributed by atoms with Crippen LogP contribution in [0.15, 0.2) is 11.2 Å². The van der Waals surface area contributed by atoms with Gasteiger partial charge < -0.3 is 5.21 Å². The van der Waals surface area contributed by atoms with Crippen LogP contribution < -0.4 is 0 Å². The molecule has 78 valence electrons. The summed E-state index contributed by atoms with van der Waals surface area (Å²) in [4.78, 5) is 0. The van der Waals surface area contributed by atoms with Crippen LogP contribution in [0.1, 0.15) is 24.0 Å². The molecule has 0 unspecified atom stereocenters. The normalized spacial score (nSPS) is 12.3. The third kappa shape index (κ3) is 1.43. The van der Waals surface area contributed by atoms with Crippen LogP contribution in [0.4, 0.5) is 0 Å². The predicted molar refractivity (Wildman–Crippen MR) is 54.3 cm³/mol. The molecule has 2 aromatic rings. The minimum atomic E-state index is 0.426. The molecule has 0 saturated carbocycles. The first-order valence-electron chi connectivity index (χ1n) is 4.52. The molecule has 0 saturated heterocycles. The highest BCUT2D eigenvalue weighted by atomic mass is 16.4. The van der Waals surface area contributed by atoms with E-state index >= 15 is 0 Å². The van der Waals surface area contributed by atoms with Gasteiger partial charge in [-0.25, -0.2) is 4.52 Å². The lowest BCUT2D eigenvalue weighted by Gasteiger charge is -2.03. The zero-order valence-electron chi connectivity index (χ0n) is 8.76. The van der Waals surface area contributed by atoms with Crippen molar-refractivity contribution in [2.24, 2.45) is 5.16 Å². The molecule has 0 aromatic carbocycles. The average molecular weight is 205 g/mol. The zero-order valence-corrected chi connectivity index (χ0v) is 8.76. The predicted octanol–water partition coefficient (Wildman–Crippen LogP) is 0.939. The highest BCUT2D eigenvalue weighted by molar-refractivity contribution is 5.97. The Kier molecular flexibility index (Phi) is 2.11. The molecule has 6 heteroatoms. The van der Waals surface area contributed by atoms with Gasteiger partial charge in [-0.15, -0.1) is 10.2 Å². The van der Waals surface area contributed by atoms with Crippen molar-refractivity contribution in [1.29, 1.82) is 0 Å². The fraction of sp³-hybridized carbons (Fsp3) is 0.333. The molecule has 0 aliphatic carbocycles. The van der Waals surface area contributed by atoms with Gasteiger partial charge >= 0.3 is 0 Å². The minimum absolute atomic E-state index is 0.426. The van der Waals surface area contributed by atoms with E-state index < -0.39 is 0 Å². The number of fused-ring (bicyclic) bond motifs is 1. The number of hydrogen-bond donors (Lipinski definition) is 1. The van der Waals surface area contributed by atoms with Crippen molar-refractivity contribution < 1.29 is 5.21 Å². The van der Waals surface area contributed by atoms with Gasteiger partial charge in [0.25, 0.3) is 0 Å². The maximum absolute atomic E-state index is 8.68. The minimum Gasteiger partial charge on any atom is -0.411 e. The molecule has 0 radical (unpaired) electrons. The van der Waals surface area contributed by atoms with Gasteiger partial charge in [-0.05, 0) is 20.8 Å². The van der Waals surface area contributed by atoms with Crippen LogP contribution in [-0.2, 0) is 0 Å². The molecule has 6 nitrogen and oxygen atoms in total. The monoisotopic (exact) mass is 205 g/mol. The molecule has 0 aliphatic heterocycles. The summed E-state index contributed by atoms with van der Waals surface area (Å²) in [5, 5.41) is 24.0. The van der Waals surface area contributed by atoms with E-state index in [1.54, 1.807) is 11.4 Å². The number of hydrogen-bond acceptors (Lipinski definition) is 5. The van der Waals surface area contributed by atoms with E-state index in [0.29, 0.717) is 17.1 Å². The zero-order chi connectivity index (χ0) is 11.0. The molecular weight excluding hydrogens is 194 g/mol. The summed E-state index contributed by atoms with van der Waals surface area (Å²) in [5.74, 6) is 0. The van der Waals surface area contributed by atoms with Gasteiger partial charge in [0.2, 0.25) is 0 Å². The summed E-state index contributed by atoms with van der Waals surface area (Å²) in [6.45, 7) is 5.41. The molecule has 2 aromatic heterocycles. The second kappa shape index (κ2) is 3.30. The Balaban J connectivity index is 2.75. The van der Waals surface area contributed by atoms with Gasteiger partial charge in [0.1, 0.15) is 11.4 Å². The van der Waals surface area contributed by atoms with Gasteiger partial charge in [-0.3, -0.25) is 0 Å². The molecule has 0 aliphatic rings. The molecule has 0 atom stereocenters. The first-order valence-corrected chi connectivity index (χ1v) is 4.52. The third-order valence-electron chi connectivity index (χ3n) is 2.22. The van der Waals surface area contributed by atoms with Crippen molar-refractivity contribution in [2.75, 3.05) is 0 Å². The number of rotatable bonds is 1. The Morgan fingerprint density at radius 1 is 1.40 bits per heavy atom. The van der Waals surface area contributed by atoms with E-state index in [-0.39, 0.29) is 0 Å². The van der Waals surface area contributed by atoms with E-state index in [0.717, 1.165) is 11.4 Å². The highest BCUT2D eigenvalue weighted by Gasteiger charge is 2.10. The quantitative estimate of drug-likeness (QED) is 0.427. The summed E-state index contributed by atoms with van der Waals surface area (Å²) in [6, 6.07) is 1.84. The van der Waals surface area contributed by atoms with Crippen LogP contribution >= 0.6 is 0 Å². The van der Waals surface area contributed by atoms with Crippen molar-refractivity contribution in [3.8, 4) is 0 Å². The van der Waals surface area contributed by atoms with E-state index in [4.69, 9.17) is 5.21 Å². The summed E-state index contributed by atoms with van der Waals surface area (Å²) in [5.41, 5.74) is 3.36. The maximum Gasteiger partial charge on any atom is 0.177 e. The first-order chi connectivity index (χ1) is 7.13. The molecule has 15 heavy (non-hydrogen) atoms. The third-order valence-corrected chi connectivity index (χ3v) is 2.22. The van der Waals surface area contributed by atoms with Crippen molar-refractivity contribution in [3.63, 3.8) is 0 Å². The van der Waals surface area contributed by atoms with Crippen LogP contribution in [0.2, 0.25) is 0 Å². The molecule has 0 fully saturated rings. The number of nitrogens with zero attached hydrogens (tertiary/aromatic N) is 5. The molecule has 0 bridgehead atoms. The van der Waals surface area contributed by atoms with Crippen molar-refractivity contribution >= 4 is 11.4 Å². The second-order valence-corrected chi connectivity index (χ2v) is 3.38. The topological polar surface area (TPSA) is 75.7 Å². The fourth-order valence-corrected chi connectivity index (χ4v) is 1.46. The summed E-state index contributed by atoms with van der Waals surface area (Å²) in [7, 11) is 0. The molecule has 2 rings (SSSR count). The lowest BCUT2D eigenvalue weighted by molar-refractivity contribution is 0.319. The number of aryl methyl sites for hydroxylation is 2. The molecule has 2 heterocycles. The maximum atomic E-state index is 8.68. The lowest BCUT2D eigenvalue weighted by Crippen LogP contribution is -2.09. The van der Waals surface area contributed by atoms with Gasteiger partial charge in [0.15, 0.2) is 5.65 Å². The Hall–Kier alpha value is -1.98. The number of oxime groups is 1. The van der Waals surface area contributed by atoms with Crippen LogP contribution in [0.3, 0.4) is 0 Å². The first kappa shape index (κ1) is 9.57. The molecule has 0 spiro atoms. The molecule has 1 N–H and O–H groups in total. The lowest BCUT2D eigenvalue weighted by atomic mass is 10.2. The fourth-order valence-electron chi connectivity index (χ4n) is 1.46. The van der Waals surface area contributed by atoms with E-state index in [9.17, 15) is 0 Å². The second-order valence-electron chi connectivity index (χ2n) is 3.38. The standard InChI is InChI=1S/C9H11N5O/c1-5-4-8-10-11-9(6(2)13-15)7(3)14(8)12-5/h4,15H,1-3H3/b13-6-. The molecule has 0 amide bonds. The Morgan fingerprint density at radius 2 is 2.13 bits per heavy atom. The van der Waals surface area contributed by atoms with Crippen molar-refractivity contribution in [3.05, 3.63) is 23.1 Å². The van der Waals surface area contributed by atoms with Gasteiger partial charge in [-0.2, -0.15) is 5.10 Å². The SMILES string of the molecule is C/C(=N/O)c1nnc2cc(C)nn2c1C. The smallest absolute Gasteiger partial charge is 0.177 e. The van der Waals surface area contributed by atoms with E-state index in [1.165, 1.54) is 0 Å². The Labute approximate surface area is 86.2 Å². The summed E-state index contributed by atoms with van der Waals surface area (Å²) < 4.78 is 1.69. The van der Waals surface area contributed by atoms with Crippen molar-refractivity contribution in [2.45, 2.75) is 20.8 Å². The Morgan fingerprint density at radius 3 is 2.80 bits per heavy atom. The van der Waals surface area contributed by atoms with Gasteiger partial charge in [0, 0.05) is 6.07 Å². The summed E-state index contributed by atoms with van der Waals surface area (Å²) >= 11 is 0. The average Bonchev–Trinajstić information content (AvgIpc) is 2.59. The molecular formula is C9H11N5O. The summed E-state index contributed by atoms with van der Waals surface area (Å²) in [6.07, 6.45) is 0. The largest absolute Gasteiger partial charge is 0.411 e. The van der Waals surface area contributed by atoms with E-state index in [1.807, 2.05) is 19.9 Å². The van der Waals surface area contributed by atoms with Crippen LogP contribution in [0, 0.1) is 13.8 Å². The Bertz CT molecular complexity index is 543. The van der Waals surface area contributed by atoms with Crippen LogP contribution in [0.25, 0.3) is 5.65 Å². The van der Waals surface area contributed by atoms with Gasteiger partial charge in [-0.1, -0.05) is 5.16 Å². The van der Waals surface area contributed by atoms with Gasteiger partial charge in [0.05, 0.1) is 11.4 Å². The number of aromatic nitrogens is 4. The van der Waals surface area contributed by atoms with Crippen LogP contribution in [-0.4, -0.2) is 30.7 Å². The van der Waals surface area contributed by atoms with E-state index in [2.05, 4.69) is 20.5 Å². The van der Waals surface area contributed by atoms with Crippen LogP contribution in [0.5, 0.6) is 0 Å². The highest BCUT2D eigenvalue weighted by Crippen LogP contribution is 2.09.